The quantitative estimate of drug-likeness (QED) is 0.843. The normalized spacial score (nSPS) is 15.5. The number of hydrogen-bond acceptors (Lipinski definition) is 5. The van der Waals surface area contributed by atoms with E-state index in [2.05, 4.69) is 15.4 Å². The van der Waals surface area contributed by atoms with Gasteiger partial charge in [0.05, 0.1) is 6.10 Å². The lowest BCUT2D eigenvalue weighted by atomic mass is 10.2. The van der Waals surface area contributed by atoms with Crippen molar-refractivity contribution in [1.29, 1.82) is 0 Å². The van der Waals surface area contributed by atoms with Crippen molar-refractivity contribution in [2.24, 2.45) is 5.92 Å². The van der Waals surface area contributed by atoms with Crippen LogP contribution in [0.2, 0.25) is 0 Å². The van der Waals surface area contributed by atoms with E-state index in [1.54, 1.807) is 7.05 Å². The first-order valence-electron chi connectivity index (χ1n) is 7.39. The molecular weight excluding hydrogens is 282 g/mol. The molecule has 1 aliphatic rings. The maximum atomic E-state index is 12.1. The Morgan fingerprint density at radius 2 is 2.14 bits per heavy atom. The van der Waals surface area contributed by atoms with Crippen molar-refractivity contribution in [3.8, 4) is 11.4 Å². The van der Waals surface area contributed by atoms with Gasteiger partial charge >= 0.3 is 0 Å². The summed E-state index contributed by atoms with van der Waals surface area (Å²) in [6.45, 7) is 0.372. The van der Waals surface area contributed by atoms with Crippen molar-refractivity contribution in [3.05, 3.63) is 30.3 Å². The topological polar surface area (TPSA) is 84.1 Å². The van der Waals surface area contributed by atoms with Gasteiger partial charge in [0.1, 0.15) is 6.54 Å². The molecule has 1 aliphatic carbocycles. The average molecular weight is 301 g/mol. The second kappa shape index (κ2) is 6.23. The zero-order valence-corrected chi connectivity index (χ0v) is 12.5. The molecule has 116 valence electrons. The van der Waals surface area contributed by atoms with Crippen LogP contribution in [0.1, 0.15) is 12.8 Å². The number of tetrazole rings is 1. The molecule has 1 aromatic heterocycles. The van der Waals surface area contributed by atoms with E-state index in [1.165, 1.54) is 9.70 Å². The molecule has 1 fully saturated rings. The standard InChI is InChI=1S/C15H19N5O2/c1-19(9-13(21)11-7-8-11)14(22)10-20-17-15(16-18-20)12-5-3-2-4-6-12/h2-6,11,13,21H,7-10H2,1H3. The number of benzene rings is 1. The van der Waals surface area contributed by atoms with Crippen molar-refractivity contribution >= 4 is 5.91 Å². The van der Waals surface area contributed by atoms with Crippen LogP contribution in [0.25, 0.3) is 11.4 Å². The Bertz CT molecular complexity index is 638. The second-order valence-electron chi connectivity index (χ2n) is 5.69. The summed E-state index contributed by atoms with van der Waals surface area (Å²) < 4.78 is 0. The van der Waals surface area contributed by atoms with Gasteiger partial charge in [-0.15, -0.1) is 10.2 Å². The van der Waals surface area contributed by atoms with Crippen LogP contribution in [-0.2, 0) is 11.3 Å². The number of likely N-dealkylation sites (N-methyl/N-ethyl adjacent to an activating group) is 1. The van der Waals surface area contributed by atoms with Gasteiger partial charge in [-0.3, -0.25) is 4.79 Å². The van der Waals surface area contributed by atoms with E-state index < -0.39 is 6.10 Å². The molecule has 1 aromatic carbocycles. The van der Waals surface area contributed by atoms with Crippen molar-refractivity contribution < 1.29 is 9.90 Å². The summed E-state index contributed by atoms with van der Waals surface area (Å²) in [4.78, 5) is 14.9. The van der Waals surface area contributed by atoms with E-state index in [0.717, 1.165) is 18.4 Å². The van der Waals surface area contributed by atoms with E-state index in [-0.39, 0.29) is 12.5 Å². The van der Waals surface area contributed by atoms with Gasteiger partial charge in [0.15, 0.2) is 0 Å². The maximum Gasteiger partial charge on any atom is 0.246 e. The molecule has 0 aliphatic heterocycles. The molecule has 7 nitrogen and oxygen atoms in total. The summed E-state index contributed by atoms with van der Waals surface area (Å²) >= 11 is 0. The fraction of sp³-hybridized carbons (Fsp3) is 0.467. The van der Waals surface area contributed by atoms with Crippen molar-refractivity contribution in [3.63, 3.8) is 0 Å². The third-order valence-electron chi connectivity index (χ3n) is 3.81. The molecule has 2 aromatic rings. The SMILES string of the molecule is CN(CC(O)C1CC1)C(=O)Cn1nnc(-c2ccccc2)n1. The van der Waals surface area contributed by atoms with Gasteiger partial charge in [-0.25, -0.2) is 0 Å². The Hall–Kier alpha value is -2.28. The van der Waals surface area contributed by atoms with E-state index in [1.807, 2.05) is 30.3 Å². The van der Waals surface area contributed by atoms with Crippen LogP contribution in [0.5, 0.6) is 0 Å². The number of carbonyl (C=O) groups is 1. The molecule has 1 atom stereocenters. The Morgan fingerprint density at radius 3 is 2.82 bits per heavy atom. The Balaban J connectivity index is 1.58. The Kier molecular flexibility index (Phi) is 4.15. The fourth-order valence-corrected chi connectivity index (χ4v) is 2.27. The minimum Gasteiger partial charge on any atom is -0.391 e. The van der Waals surface area contributed by atoms with Crippen LogP contribution < -0.4 is 0 Å². The van der Waals surface area contributed by atoms with Crippen LogP contribution in [0, 0.1) is 5.92 Å². The number of amides is 1. The van der Waals surface area contributed by atoms with Crippen LogP contribution >= 0.6 is 0 Å². The molecule has 1 unspecified atom stereocenters. The predicted molar refractivity (Wildman–Crippen MR) is 79.6 cm³/mol. The summed E-state index contributed by atoms with van der Waals surface area (Å²) in [7, 11) is 1.68. The Labute approximate surface area is 128 Å². The molecule has 0 radical (unpaired) electrons. The number of carbonyl (C=O) groups excluding carboxylic acids is 1. The van der Waals surface area contributed by atoms with Crippen molar-refractivity contribution in [2.45, 2.75) is 25.5 Å². The van der Waals surface area contributed by atoms with E-state index in [4.69, 9.17) is 0 Å². The van der Waals surface area contributed by atoms with Crippen LogP contribution in [0.4, 0.5) is 0 Å². The monoisotopic (exact) mass is 301 g/mol. The highest BCUT2D eigenvalue weighted by Crippen LogP contribution is 2.32. The third kappa shape index (κ3) is 3.48. The molecular formula is C15H19N5O2. The summed E-state index contributed by atoms with van der Waals surface area (Å²) in [5.74, 6) is 0.704. The minimum absolute atomic E-state index is 0.0215. The van der Waals surface area contributed by atoms with E-state index in [9.17, 15) is 9.90 Å². The number of aromatic nitrogens is 4. The number of rotatable bonds is 6. The van der Waals surface area contributed by atoms with Crippen LogP contribution in [0.3, 0.4) is 0 Å². The highest BCUT2D eigenvalue weighted by Gasteiger charge is 2.31. The number of hydrogen-bond donors (Lipinski definition) is 1. The van der Waals surface area contributed by atoms with E-state index >= 15 is 0 Å². The van der Waals surface area contributed by atoms with Crippen LogP contribution in [0.15, 0.2) is 30.3 Å². The Morgan fingerprint density at radius 1 is 1.41 bits per heavy atom. The van der Waals surface area contributed by atoms with Gasteiger partial charge < -0.3 is 10.0 Å². The zero-order chi connectivity index (χ0) is 15.5. The van der Waals surface area contributed by atoms with Crippen LogP contribution in [-0.4, -0.2) is 55.8 Å². The molecule has 3 rings (SSSR count). The summed E-state index contributed by atoms with van der Waals surface area (Å²) in [6.07, 6.45) is 1.67. The van der Waals surface area contributed by atoms with Gasteiger partial charge in [0.25, 0.3) is 0 Å². The molecule has 0 spiro atoms. The summed E-state index contributed by atoms with van der Waals surface area (Å²) in [6, 6.07) is 9.49. The van der Waals surface area contributed by atoms with E-state index in [0.29, 0.717) is 18.3 Å². The van der Waals surface area contributed by atoms with Gasteiger partial charge in [-0.1, -0.05) is 30.3 Å². The molecule has 0 saturated heterocycles. The predicted octanol–water partition coefficient (Wildman–Crippen LogP) is 0.569. The molecule has 0 bridgehead atoms. The first-order valence-corrected chi connectivity index (χ1v) is 7.39. The highest BCUT2D eigenvalue weighted by atomic mass is 16.3. The summed E-state index contributed by atoms with van der Waals surface area (Å²) in [5.41, 5.74) is 0.860. The third-order valence-corrected chi connectivity index (χ3v) is 3.81. The minimum atomic E-state index is -0.433. The number of aliphatic hydroxyl groups excluding tert-OH is 1. The number of aliphatic hydroxyl groups is 1. The lowest BCUT2D eigenvalue weighted by Crippen LogP contribution is -2.37. The smallest absolute Gasteiger partial charge is 0.246 e. The lowest BCUT2D eigenvalue weighted by molar-refractivity contribution is -0.132. The largest absolute Gasteiger partial charge is 0.391 e. The van der Waals surface area contributed by atoms with Gasteiger partial charge in [0, 0.05) is 19.2 Å². The first-order chi connectivity index (χ1) is 10.6. The molecule has 22 heavy (non-hydrogen) atoms. The molecule has 7 heteroatoms. The van der Waals surface area contributed by atoms with Crippen molar-refractivity contribution in [1.82, 2.24) is 25.1 Å². The van der Waals surface area contributed by atoms with Gasteiger partial charge in [0.2, 0.25) is 11.7 Å². The molecule has 1 amide bonds. The maximum absolute atomic E-state index is 12.1. The molecule has 1 heterocycles. The van der Waals surface area contributed by atoms with Gasteiger partial charge in [-0.05, 0) is 24.0 Å². The summed E-state index contributed by atoms with van der Waals surface area (Å²) in [5, 5.41) is 22.0. The molecule has 1 N–H and O–H groups in total. The zero-order valence-electron chi connectivity index (χ0n) is 12.5. The first kappa shape index (κ1) is 14.6. The second-order valence-corrected chi connectivity index (χ2v) is 5.69. The fourth-order valence-electron chi connectivity index (χ4n) is 2.27. The number of nitrogens with zero attached hydrogens (tertiary/aromatic N) is 5. The highest BCUT2D eigenvalue weighted by molar-refractivity contribution is 5.75. The van der Waals surface area contributed by atoms with Crippen molar-refractivity contribution in [2.75, 3.05) is 13.6 Å². The van der Waals surface area contributed by atoms with Gasteiger partial charge in [-0.2, -0.15) is 4.80 Å². The average Bonchev–Trinajstić information content (AvgIpc) is 3.28. The lowest BCUT2D eigenvalue weighted by Gasteiger charge is -2.20. The molecule has 1 saturated carbocycles.